The van der Waals surface area contributed by atoms with E-state index in [0.29, 0.717) is 6.54 Å². The molecule has 1 aromatic carbocycles. The second kappa shape index (κ2) is 10.5. The number of aromatic nitrogens is 1. The summed E-state index contributed by atoms with van der Waals surface area (Å²) in [5, 5.41) is 6.68. The molecule has 26 heavy (non-hydrogen) atoms. The number of hydrogen-bond acceptors (Lipinski definition) is 3. The van der Waals surface area contributed by atoms with E-state index < -0.39 is 0 Å². The maximum Gasteiger partial charge on any atom is 0.193 e. The number of guanidine groups is 1. The molecule has 3 aromatic rings. The molecule has 4 nitrogen and oxygen atoms in total. The summed E-state index contributed by atoms with van der Waals surface area (Å²) in [4.78, 5) is 12.9. The Morgan fingerprint density at radius 3 is 2.81 bits per heavy atom. The van der Waals surface area contributed by atoms with Gasteiger partial charge in [0.05, 0.1) is 12.1 Å². The van der Waals surface area contributed by atoms with Crippen LogP contribution in [0, 0.1) is 0 Å². The third kappa shape index (κ3) is 5.41. The minimum atomic E-state index is 0. The summed E-state index contributed by atoms with van der Waals surface area (Å²) in [7, 11) is 2.09. The molecule has 1 N–H and O–H groups in total. The Kier molecular flexibility index (Phi) is 8.31. The van der Waals surface area contributed by atoms with Crippen molar-refractivity contribution in [2.45, 2.75) is 19.9 Å². The topological polar surface area (TPSA) is 40.5 Å². The first-order valence-corrected chi connectivity index (χ1v) is 9.50. The van der Waals surface area contributed by atoms with Crippen molar-refractivity contribution in [3.63, 3.8) is 0 Å². The number of halogens is 1. The molecule has 0 spiro atoms. The fraction of sp³-hybridized carbons (Fsp3) is 0.300. The molecule has 0 saturated carbocycles. The molecule has 138 valence electrons. The maximum atomic E-state index is 4.83. The quantitative estimate of drug-likeness (QED) is 0.320. The van der Waals surface area contributed by atoms with Crippen LogP contribution in [0.4, 0.5) is 0 Å². The van der Waals surface area contributed by atoms with E-state index >= 15 is 0 Å². The summed E-state index contributed by atoms with van der Waals surface area (Å²) in [6.07, 6.45) is 2.88. The van der Waals surface area contributed by atoms with Crippen LogP contribution in [-0.2, 0) is 13.0 Å². The van der Waals surface area contributed by atoms with Crippen LogP contribution >= 0.6 is 35.3 Å². The highest BCUT2D eigenvalue weighted by molar-refractivity contribution is 14.0. The molecule has 0 radical (unpaired) electrons. The molecule has 0 aliphatic carbocycles. The van der Waals surface area contributed by atoms with Crippen LogP contribution in [0.25, 0.3) is 10.9 Å². The van der Waals surface area contributed by atoms with E-state index in [1.807, 2.05) is 12.3 Å². The van der Waals surface area contributed by atoms with Crippen molar-refractivity contribution >= 4 is 52.2 Å². The molecule has 0 aliphatic heterocycles. The second-order valence-electron chi connectivity index (χ2n) is 5.91. The molecule has 2 aromatic heterocycles. The summed E-state index contributed by atoms with van der Waals surface area (Å²) < 4.78 is 0. The van der Waals surface area contributed by atoms with E-state index in [0.717, 1.165) is 41.9 Å². The fourth-order valence-corrected chi connectivity index (χ4v) is 3.46. The molecule has 2 heterocycles. The van der Waals surface area contributed by atoms with E-state index in [2.05, 4.69) is 71.0 Å². The lowest BCUT2D eigenvalue weighted by Gasteiger charge is -2.21. The predicted molar refractivity (Wildman–Crippen MR) is 123 cm³/mol. The molecule has 0 unspecified atom stereocenters. The molecule has 0 aliphatic rings. The summed E-state index contributed by atoms with van der Waals surface area (Å²) in [5.41, 5.74) is 2.19. The number of aliphatic imine (C=N–C) groups is 1. The van der Waals surface area contributed by atoms with Gasteiger partial charge in [-0.15, -0.1) is 35.3 Å². The van der Waals surface area contributed by atoms with Gasteiger partial charge in [0.25, 0.3) is 0 Å². The number of pyridine rings is 1. The number of thiophene rings is 1. The van der Waals surface area contributed by atoms with Gasteiger partial charge < -0.3 is 10.2 Å². The molecule has 0 amide bonds. The Bertz CT molecular complexity index is 827. The number of nitrogens with zero attached hydrogens (tertiary/aromatic N) is 3. The van der Waals surface area contributed by atoms with Crippen molar-refractivity contribution in [2.24, 2.45) is 4.99 Å². The summed E-state index contributed by atoms with van der Waals surface area (Å²) in [6.45, 7) is 4.53. The molecule has 0 saturated heterocycles. The van der Waals surface area contributed by atoms with Crippen LogP contribution < -0.4 is 5.32 Å². The lowest BCUT2D eigenvalue weighted by Crippen LogP contribution is -2.39. The summed E-state index contributed by atoms with van der Waals surface area (Å²) >= 11 is 1.81. The zero-order chi connectivity index (χ0) is 17.5. The third-order valence-electron chi connectivity index (χ3n) is 4.09. The van der Waals surface area contributed by atoms with Gasteiger partial charge in [-0.1, -0.05) is 30.3 Å². The standard InChI is InChI=1S/C20H24N4S.HI/c1-3-21-20(24(2)13-11-18-10-6-14-25-18)23-15-17-8-4-7-16-9-5-12-22-19(16)17;/h4-10,12,14H,3,11,13,15H2,1-2H3,(H,21,23);1H. The minimum Gasteiger partial charge on any atom is -0.357 e. The van der Waals surface area contributed by atoms with Gasteiger partial charge in [0.15, 0.2) is 5.96 Å². The van der Waals surface area contributed by atoms with Gasteiger partial charge in [-0.3, -0.25) is 4.98 Å². The van der Waals surface area contributed by atoms with Crippen LogP contribution in [0.15, 0.2) is 59.0 Å². The Hall–Kier alpha value is -1.67. The van der Waals surface area contributed by atoms with Crippen molar-refractivity contribution in [1.29, 1.82) is 0 Å². The number of hydrogen-bond donors (Lipinski definition) is 1. The molecule has 3 rings (SSSR count). The lowest BCUT2D eigenvalue weighted by molar-refractivity contribution is 0.486. The van der Waals surface area contributed by atoms with E-state index in [1.165, 1.54) is 4.88 Å². The van der Waals surface area contributed by atoms with Gasteiger partial charge in [-0.2, -0.15) is 0 Å². The smallest absolute Gasteiger partial charge is 0.193 e. The largest absolute Gasteiger partial charge is 0.357 e. The van der Waals surface area contributed by atoms with Crippen LogP contribution in [0.1, 0.15) is 17.4 Å². The second-order valence-corrected chi connectivity index (χ2v) is 6.95. The van der Waals surface area contributed by atoms with Crippen LogP contribution in [-0.4, -0.2) is 36.0 Å². The lowest BCUT2D eigenvalue weighted by atomic mass is 10.1. The first-order chi connectivity index (χ1) is 12.3. The Labute approximate surface area is 176 Å². The molecule has 6 heteroatoms. The van der Waals surface area contributed by atoms with Crippen LogP contribution in [0.5, 0.6) is 0 Å². The summed E-state index contributed by atoms with van der Waals surface area (Å²) in [6, 6.07) is 14.6. The van der Waals surface area contributed by atoms with Crippen molar-refractivity contribution in [2.75, 3.05) is 20.1 Å². The van der Waals surface area contributed by atoms with Gasteiger partial charge in [-0.05, 0) is 36.4 Å². The number of benzene rings is 1. The van der Waals surface area contributed by atoms with Gasteiger partial charge in [0, 0.05) is 36.6 Å². The highest BCUT2D eigenvalue weighted by Gasteiger charge is 2.07. The average molecular weight is 480 g/mol. The third-order valence-corrected chi connectivity index (χ3v) is 5.02. The number of fused-ring (bicyclic) bond motifs is 1. The SMILES string of the molecule is CCNC(=NCc1cccc2cccnc12)N(C)CCc1cccs1.I. The number of nitrogens with one attached hydrogen (secondary N) is 1. The maximum absolute atomic E-state index is 4.83. The monoisotopic (exact) mass is 480 g/mol. The molecule has 0 fully saturated rings. The van der Waals surface area contributed by atoms with Crippen LogP contribution in [0.3, 0.4) is 0 Å². The first-order valence-electron chi connectivity index (χ1n) is 8.62. The van der Waals surface area contributed by atoms with E-state index in [4.69, 9.17) is 4.99 Å². The highest BCUT2D eigenvalue weighted by atomic mass is 127. The van der Waals surface area contributed by atoms with E-state index in [9.17, 15) is 0 Å². The zero-order valence-electron chi connectivity index (χ0n) is 15.2. The van der Waals surface area contributed by atoms with Crippen molar-refractivity contribution in [1.82, 2.24) is 15.2 Å². The average Bonchev–Trinajstić information content (AvgIpc) is 3.16. The molecule has 0 atom stereocenters. The van der Waals surface area contributed by atoms with Crippen molar-refractivity contribution in [3.8, 4) is 0 Å². The van der Waals surface area contributed by atoms with E-state index in [1.54, 1.807) is 11.3 Å². The normalized spacial score (nSPS) is 11.2. The first kappa shape index (κ1) is 20.6. The van der Waals surface area contributed by atoms with Gasteiger partial charge in [0.1, 0.15) is 0 Å². The van der Waals surface area contributed by atoms with Gasteiger partial charge in [-0.25, -0.2) is 4.99 Å². The number of para-hydroxylation sites is 1. The number of rotatable bonds is 6. The van der Waals surface area contributed by atoms with Gasteiger partial charge in [0.2, 0.25) is 0 Å². The summed E-state index contributed by atoms with van der Waals surface area (Å²) in [5.74, 6) is 0.937. The predicted octanol–water partition coefficient (Wildman–Crippen LogP) is 4.55. The minimum absolute atomic E-state index is 0. The Morgan fingerprint density at radius 1 is 1.19 bits per heavy atom. The van der Waals surface area contributed by atoms with Crippen molar-refractivity contribution < 1.29 is 0 Å². The highest BCUT2D eigenvalue weighted by Crippen LogP contribution is 2.17. The van der Waals surface area contributed by atoms with Gasteiger partial charge >= 0.3 is 0 Å². The molecular weight excluding hydrogens is 455 g/mol. The fourth-order valence-electron chi connectivity index (χ4n) is 2.76. The zero-order valence-corrected chi connectivity index (χ0v) is 18.3. The molecular formula is C20H25IN4S. The van der Waals surface area contributed by atoms with E-state index in [-0.39, 0.29) is 24.0 Å². The van der Waals surface area contributed by atoms with Crippen molar-refractivity contribution in [3.05, 3.63) is 64.5 Å². The number of likely N-dealkylation sites (N-methyl/N-ethyl adjacent to an activating group) is 1. The van der Waals surface area contributed by atoms with Crippen LogP contribution in [0.2, 0.25) is 0 Å². The Morgan fingerprint density at radius 2 is 2.04 bits per heavy atom. The molecule has 0 bridgehead atoms. The Balaban J connectivity index is 0.00000243.